The number of ether oxygens (including phenoxy) is 1. The van der Waals surface area contributed by atoms with Gasteiger partial charge in [-0.25, -0.2) is 0 Å². The molecule has 0 unspecified atom stereocenters. The SMILES string of the molecule is CCCOC(=O)CCC(C)(C)C. The molecular formula is C10H20O2. The van der Waals surface area contributed by atoms with E-state index in [4.69, 9.17) is 4.74 Å². The van der Waals surface area contributed by atoms with Gasteiger partial charge < -0.3 is 4.74 Å². The zero-order chi connectivity index (χ0) is 9.61. The van der Waals surface area contributed by atoms with E-state index in [-0.39, 0.29) is 11.4 Å². The van der Waals surface area contributed by atoms with Gasteiger partial charge in [0.25, 0.3) is 0 Å². The van der Waals surface area contributed by atoms with Crippen LogP contribution >= 0.6 is 0 Å². The second kappa shape index (κ2) is 5.18. The minimum atomic E-state index is -0.0632. The van der Waals surface area contributed by atoms with E-state index in [9.17, 15) is 4.79 Å². The van der Waals surface area contributed by atoms with Crippen molar-refractivity contribution >= 4 is 5.97 Å². The Kier molecular flexibility index (Phi) is 4.95. The van der Waals surface area contributed by atoms with Gasteiger partial charge in [-0.1, -0.05) is 27.7 Å². The third kappa shape index (κ3) is 7.58. The van der Waals surface area contributed by atoms with Gasteiger partial charge in [-0.3, -0.25) is 4.79 Å². The number of carbonyl (C=O) groups excluding carboxylic acids is 1. The van der Waals surface area contributed by atoms with Crippen LogP contribution in [0.4, 0.5) is 0 Å². The molecule has 0 saturated heterocycles. The summed E-state index contributed by atoms with van der Waals surface area (Å²) in [6.45, 7) is 8.93. The van der Waals surface area contributed by atoms with E-state index in [1.54, 1.807) is 0 Å². The van der Waals surface area contributed by atoms with Gasteiger partial charge in [-0.15, -0.1) is 0 Å². The molecule has 12 heavy (non-hydrogen) atoms. The van der Waals surface area contributed by atoms with E-state index in [1.165, 1.54) is 0 Å². The number of hydrogen-bond acceptors (Lipinski definition) is 2. The Bertz CT molecular complexity index is 133. The molecule has 0 fully saturated rings. The largest absolute Gasteiger partial charge is 0.466 e. The fourth-order valence-electron chi connectivity index (χ4n) is 0.765. The highest BCUT2D eigenvalue weighted by atomic mass is 16.5. The Morgan fingerprint density at radius 2 is 1.92 bits per heavy atom. The molecule has 0 radical (unpaired) electrons. The predicted molar refractivity (Wildman–Crippen MR) is 49.9 cm³/mol. The van der Waals surface area contributed by atoms with E-state index in [0.717, 1.165) is 12.8 Å². The average Bonchev–Trinajstić information content (AvgIpc) is 1.95. The molecule has 0 aliphatic rings. The molecule has 0 aromatic heterocycles. The lowest BCUT2D eigenvalue weighted by atomic mass is 9.91. The van der Waals surface area contributed by atoms with Crippen molar-refractivity contribution < 1.29 is 9.53 Å². The van der Waals surface area contributed by atoms with Crippen molar-refractivity contribution in [2.24, 2.45) is 5.41 Å². The fourth-order valence-corrected chi connectivity index (χ4v) is 0.765. The minimum Gasteiger partial charge on any atom is -0.466 e. The highest BCUT2D eigenvalue weighted by Crippen LogP contribution is 2.20. The maximum Gasteiger partial charge on any atom is 0.305 e. The van der Waals surface area contributed by atoms with Crippen LogP contribution in [0.1, 0.15) is 47.0 Å². The number of rotatable bonds is 4. The standard InChI is InChI=1S/C10H20O2/c1-5-8-12-9(11)6-7-10(2,3)4/h5-8H2,1-4H3. The normalized spacial score (nSPS) is 11.3. The predicted octanol–water partition coefficient (Wildman–Crippen LogP) is 2.77. The van der Waals surface area contributed by atoms with E-state index in [0.29, 0.717) is 13.0 Å². The number of carbonyl (C=O) groups is 1. The summed E-state index contributed by atoms with van der Waals surface area (Å²) in [6.07, 6.45) is 2.35. The van der Waals surface area contributed by atoms with Gasteiger partial charge in [0.15, 0.2) is 0 Å². The Balaban J connectivity index is 3.44. The summed E-state index contributed by atoms with van der Waals surface area (Å²) >= 11 is 0. The van der Waals surface area contributed by atoms with Crippen LogP contribution in [0.3, 0.4) is 0 Å². The second-order valence-corrected chi connectivity index (χ2v) is 4.28. The van der Waals surface area contributed by atoms with Crippen LogP contribution in [0.15, 0.2) is 0 Å². The molecule has 0 aromatic carbocycles. The molecule has 0 saturated carbocycles. The van der Waals surface area contributed by atoms with Gasteiger partial charge in [-0.05, 0) is 18.3 Å². The first-order chi connectivity index (χ1) is 5.45. The molecule has 2 nitrogen and oxygen atoms in total. The van der Waals surface area contributed by atoms with Crippen LogP contribution < -0.4 is 0 Å². The zero-order valence-corrected chi connectivity index (χ0v) is 8.64. The van der Waals surface area contributed by atoms with Gasteiger partial charge in [0, 0.05) is 6.42 Å². The molecule has 0 rings (SSSR count). The minimum absolute atomic E-state index is 0.0632. The first-order valence-electron chi connectivity index (χ1n) is 4.61. The van der Waals surface area contributed by atoms with E-state index < -0.39 is 0 Å². The maximum absolute atomic E-state index is 11.0. The fraction of sp³-hybridized carbons (Fsp3) is 0.900. The lowest BCUT2D eigenvalue weighted by molar-refractivity contribution is -0.144. The summed E-state index contributed by atoms with van der Waals surface area (Å²) in [5, 5.41) is 0. The average molecular weight is 172 g/mol. The van der Waals surface area contributed by atoms with E-state index in [1.807, 2.05) is 6.92 Å². The quantitative estimate of drug-likeness (QED) is 0.609. The first kappa shape index (κ1) is 11.5. The second-order valence-electron chi connectivity index (χ2n) is 4.28. The van der Waals surface area contributed by atoms with Crippen LogP contribution in [-0.2, 0) is 9.53 Å². The Hall–Kier alpha value is -0.530. The Labute approximate surface area is 75.3 Å². The molecule has 0 bridgehead atoms. The number of esters is 1. The van der Waals surface area contributed by atoms with Gasteiger partial charge in [0.05, 0.1) is 6.61 Å². The third-order valence-electron chi connectivity index (χ3n) is 1.55. The van der Waals surface area contributed by atoms with Crippen molar-refractivity contribution in [2.75, 3.05) is 6.61 Å². The topological polar surface area (TPSA) is 26.3 Å². The Morgan fingerprint density at radius 3 is 2.33 bits per heavy atom. The highest BCUT2D eigenvalue weighted by Gasteiger charge is 2.13. The summed E-state index contributed by atoms with van der Waals surface area (Å²) in [4.78, 5) is 11.0. The smallest absolute Gasteiger partial charge is 0.305 e. The maximum atomic E-state index is 11.0. The van der Waals surface area contributed by atoms with Gasteiger partial charge in [-0.2, -0.15) is 0 Å². The van der Waals surface area contributed by atoms with Crippen molar-refractivity contribution in [3.63, 3.8) is 0 Å². The molecule has 0 aliphatic carbocycles. The van der Waals surface area contributed by atoms with Crippen molar-refractivity contribution in [3.05, 3.63) is 0 Å². The third-order valence-corrected chi connectivity index (χ3v) is 1.55. The van der Waals surface area contributed by atoms with Crippen molar-refractivity contribution in [1.82, 2.24) is 0 Å². The number of hydrogen-bond donors (Lipinski definition) is 0. The zero-order valence-electron chi connectivity index (χ0n) is 8.64. The molecule has 0 amide bonds. The summed E-state index contributed by atoms with van der Waals surface area (Å²) < 4.78 is 4.95. The molecule has 0 heterocycles. The van der Waals surface area contributed by atoms with Crippen LogP contribution in [0.5, 0.6) is 0 Å². The van der Waals surface area contributed by atoms with E-state index in [2.05, 4.69) is 20.8 Å². The summed E-state index contributed by atoms with van der Waals surface area (Å²) in [6, 6.07) is 0. The highest BCUT2D eigenvalue weighted by molar-refractivity contribution is 5.69. The Morgan fingerprint density at radius 1 is 1.33 bits per heavy atom. The molecule has 72 valence electrons. The van der Waals surface area contributed by atoms with Gasteiger partial charge in [0.2, 0.25) is 0 Å². The van der Waals surface area contributed by atoms with Crippen LogP contribution in [0.2, 0.25) is 0 Å². The monoisotopic (exact) mass is 172 g/mol. The van der Waals surface area contributed by atoms with E-state index >= 15 is 0 Å². The van der Waals surface area contributed by atoms with Gasteiger partial charge >= 0.3 is 5.97 Å². The summed E-state index contributed by atoms with van der Waals surface area (Å²) in [5.74, 6) is -0.0632. The molecular weight excluding hydrogens is 152 g/mol. The van der Waals surface area contributed by atoms with Crippen LogP contribution in [0.25, 0.3) is 0 Å². The van der Waals surface area contributed by atoms with Crippen molar-refractivity contribution in [3.8, 4) is 0 Å². The molecule has 0 N–H and O–H groups in total. The lowest BCUT2D eigenvalue weighted by Crippen LogP contribution is -2.11. The lowest BCUT2D eigenvalue weighted by Gasteiger charge is -2.16. The molecule has 2 heteroatoms. The molecule has 0 atom stereocenters. The summed E-state index contributed by atoms with van der Waals surface area (Å²) in [5.41, 5.74) is 0.227. The van der Waals surface area contributed by atoms with Crippen LogP contribution in [0, 0.1) is 5.41 Å². The first-order valence-corrected chi connectivity index (χ1v) is 4.61. The molecule has 0 aromatic rings. The van der Waals surface area contributed by atoms with Crippen molar-refractivity contribution in [2.45, 2.75) is 47.0 Å². The molecule has 0 aliphatic heterocycles. The molecule has 0 spiro atoms. The summed E-state index contributed by atoms with van der Waals surface area (Å²) in [7, 11) is 0. The van der Waals surface area contributed by atoms with Crippen LogP contribution in [-0.4, -0.2) is 12.6 Å². The van der Waals surface area contributed by atoms with Gasteiger partial charge in [0.1, 0.15) is 0 Å². The van der Waals surface area contributed by atoms with Crippen molar-refractivity contribution in [1.29, 1.82) is 0 Å².